The first-order chi connectivity index (χ1) is 5.70. The van der Waals surface area contributed by atoms with Gasteiger partial charge in [-0.15, -0.1) is 0 Å². The second kappa shape index (κ2) is 2.45. The molecular formula is C8H7ClN2O. The molecule has 0 bridgehead atoms. The average Bonchev–Trinajstić information content (AvgIpc) is 2.29. The van der Waals surface area contributed by atoms with Crippen molar-refractivity contribution >= 4 is 17.5 Å². The van der Waals surface area contributed by atoms with Gasteiger partial charge >= 0.3 is 0 Å². The van der Waals surface area contributed by atoms with Gasteiger partial charge in [-0.3, -0.25) is 9.78 Å². The standard InChI is InChI=1S/C8H7ClN2O/c1-11-4-5-2-10-3-6(9)7(5)8(11)12/h2-3H,4H2,1H3. The smallest absolute Gasteiger partial charge is 0.255 e. The molecule has 4 heteroatoms. The SMILES string of the molecule is CN1Cc2cncc(Cl)c2C1=O. The van der Waals surface area contributed by atoms with Crippen LogP contribution in [0.4, 0.5) is 0 Å². The first-order valence-electron chi connectivity index (χ1n) is 3.58. The van der Waals surface area contributed by atoms with Crippen molar-refractivity contribution in [2.24, 2.45) is 0 Å². The van der Waals surface area contributed by atoms with Crippen molar-refractivity contribution in [3.05, 3.63) is 28.5 Å². The zero-order chi connectivity index (χ0) is 8.72. The number of carbonyl (C=O) groups is 1. The van der Waals surface area contributed by atoms with E-state index in [1.54, 1.807) is 18.1 Å². The molecule has 12 heavy (non-hydrogen) atoms. The number of carbonyl (C=O) groups excluding carboxylic acids is 1. The molecule has 0 spiro atoms. The number of amides is 1. The number of hydrogen-bond acceptors (Lipinski definition) is 2. The van der Waals surface area contributed by atoms with Gasteiger partial charge in [0.05, 0.1) is 10.6 Å². The van der Waals surface area contributed by atoms with Gasteiger partial charge in [-0.1, -0.05) is 11.6 Å². The summed E-state index contributed by atoms with van der Waals surface area (Å²) in [6.45, 7) is 0.613. The van der Waals surface area contributed by atoms with Crippen LogP contribution in [0.2, 0.25) is 5.02 Å². The molecule has 0 saturated carbocycles. The molecule has 1 aliphatic rings. The van der Waals surface area contributed by atoms with Crippen molar-refractivity contribution in [3.63, 3.8) is 0 Å². The molecule has 0 aromatic carbocycles. The molecule has 0 radical (unpaired) electrons. The summed E-state index contributed by atoms with van der Waals surface area (Å²) < 4.78 is 0. The van der Waals surface area contributed by atoms with Crippen LogP contribution in [0.1, 0.15) is 15.9 Å². The Labute approximate surface area is 75.0 Å². The fraction of sp³-hybridized carbons (Fsp3) is 0.250. The van der Waals surface area contributed by atoms with Gasteiger partial charge in [0.2, 0.25) is 0 Å². The lowest BCUT2D eigenvalue weighted by Crippen LogP contribution is -2.17. The Balaban J connectivity index is 2.62. The van der Waals surface area contributed by atoms with Crippen molar-refractivity contribution in [1.82, 2.24) is 9.88 Å². The molecule has 62 valence electrons. The van der Waals surface area contributed by atoms with Crippen molar-refractivity contribution in [2.75, 3.05) is 7.05 Å². The summed E-state index contributed by atoms with van der Waals surface area (Å²) in [4.78, 5) is 17.0. The Bertz CT molecular complexity index is 351. The van der Waals surface area contributed by atoms with Crippen LogP contribution in [0.5, 0.6) is 0 Å². The second-order valence-corrected chi connectivity index (χ2v) is 3.22. The van der Waals surface area contributed by atoms with Crippen molar-refractivity contribution in [3.8, 4) is 0 Å². The molecule has 0 saturated heterocycles. The lowest BCUT2D eigenvalue weighted by atomic mass is 10.2. The van der Waals surface area contributed by atoms with E-state index in [0.717, 1.165) is 5.56 Å². The molecule has 1 aromatic rings. The molecule has 1 amide bonds. The highest BCUT2D eigenvalue weighted by molar-refractivity contribution is 6.34. The summed E-state index contributed by atoms with van der Waals surface area (Å²) >= 11 is 5.82. The number of hydrogen-bond donors (Lipinski definition) is 0. The molecular weight excluding hydrogens is 176 g/mol. The number of fused-ring (bicyclic) bond motifs is 1. The van der Waals surface area contributed by atoms with Crippen molar-refractivity contribution in [1.29, 1.82) is 0 Å². The monoisotopic (exact) mass is 182 g/mol. The lowest BCUT2D eigenvalue weighted by molar-refractivity contribution is 0.0816. The number of halogens is 1. The molecule has 2 heterocycles. The summed E-state index contributed by atoms with van der Waals surface area (Å²) in [7, 11) is 1.75. The van der Waals surface area contributed by atoms with Gasteiger partial charge in [-0.25, -0.2) is 0 Å². The van der Waals surface area contributed by atoms with Crippen molar-refractivity contribution < 1.29 is 4.79 Å². The van der Waals surface area contributed by atoms with Crippen molar-refractivity contribution in [2.45, 2.75) is 6.54 Å². The quantitative estimate of drug-likeness (QED) is 0.607. The number of pyridine rings is 1. The minimum Gasteiger partial charge on any atom is -0.337 e. The zero-order valence-electron chi connectivity index (χ0n) is 6.54. The number of aromatic nitrogens is 1. The zero-order valence-corrected chi connectivity index (χ0v) is 7.30. The first-order valence-corrected chi connectivity index (χ1v) is 3.96. The third-order valence-electron chi connectivity index (χ3n) is 1.95. The highest BCUT2D eigenvalue weighted by Crippen LogP contribution is 2.26. The third kappa shape index (κ3) is 0.898. The van der Waals surface area contributed by atoms with E-state index in [-0.39, 0.29) is 5.91 Å². The van der Waals surface area contributed by atoms with E-state index < -0.39 is 0 Å². The highest BCUT2D eigenvalue weighted by Gasteiger charge is 2.26. The minimum atomic E-state index is -0.0163. The molecule has 0 atom stereocenters. The molecule has 1 aromatic heterocycles. The van der Waals surface area contributed by atoms with Gasteiger partial charge < -0.3 is 4.90 Å². The fourth-order valence-electron chi connectivity index (χ4n) is 1.35. The maximum absolute atomic E-state index is 11.4. The minimum absolute atomic E-state index is 0.0163. The highest BCUT2D eigenvalue weighted by atomic mass is 35.5. The summed E-state index contributed by atoms with van der Waals surface area (Å²) in [6.07, 6.45) is 3.18. The van der Waals surface area contributed by atoms with Gasteiger partial charge in [0, 0.05) is 31.5 Å². The summed E-state index contributed by atoms with van der Waals surface area (Å²) in [6, 6.07) is 0. The summed E-state index contributed by atoms with van der Waals surface area (Å²) in [5, 5.41) is 0.446. The van der Waals surface area contributed by atoms with Crippen LogP contribution in [-0.2, 0) is 6.54 Å². The first kappa shape index (κ1) is 7.55. The predicted octanol–water partition coefficient (Wildman–Crippen LogP) is 1.32. The average molecular weight is 183 g/mol. The van der Waals surface area contributed by atoms with Gasteiger partial charge in [0.15, 0.2) is 0 Å². The van der Waals surface area contributed by atoms with Gasteiger partial charge in [-0.05, 0) is 0 Å². The van der Waals surface area contributed by atoms with Crippen LogP contribution < -0.4 is 0 Å². The van der Waals surface area contributed by atoms with E-state index in [4.69, 9.17) is 11.6 Å². The van der Waals surface area contributed by atoms with Crippen LogP contribution in [0.25, 0.3) is 0 Å². The Hall–Kier alpha value is -1.09. The largest absolute Gasteiger partial charge is 0.337 e. The summed E-state index contributed by atoms with van der Waals surface area (Å²) in [5.41, 5.74) is 1.52. The molecule has 0 fully saturated rings. The van der Waals surface area contributed by atoms with Gasteiger partial charge in [0.25, 0.3) is 5.91 Å². The normalized spacial score (nSPS) is 15.2. The topological polar surface area (TPSA) is 33.2 Å². The molecule has 2 rings (SSSR count). The predicted molar refractivity (Wildman–Crippen MR) is 45.0 cm³/mol. The molecule has 3 nitrogen and oxygen atoms in total. The van der Waals surface area contributed by atoms with E-state index in [1.165, 1.54) is 6.20 Å². The Morgan fingerprint density at radius 2 is 2.33 bits per heavy atom. The van der Waals surface area contributed by atoms with E-state index >= 15 is 0 Å². The third-order valence-corrected chi connectivity index (χ3v) is 2.23. The Morgan fingerprint density at radius 1 is 1.58 bits per heavy atom. The summed E-state index contributed by atoms with van der Waals surface area (Å²) in [5.74, 6) is -0.0163. The van der Waals surface area contributed by atoms with Crippen LogP contribution >= 0.6 is 11.6 Å². The molecule has 0 unspecified atom stereocenters. The molecule has 0 aliphatic carbocycles. The van der Waals surface area contributed by atoms with E-state index in [9.17, 15) is 4.79 Å². The fourth-order valence-corrected chi connectivity index (χ4v) is 1.61. The second-order valence-electron chi connectivity index (χ2n) is 2.82. The van der Waals surface area contributed by atoms with Gasteiger partial charge in [0.1, 0.15) is 0 Å². The van der Waals surface area contributed by atoms with Gasteiger partial charge in [-0.2, -0.15) is 0 Å². The van der Waals surface area contributed by atoms with E-state index in [1.807, 2.05) is 0 Å². The lowest BCUT2D eigenvalue weighted by Gasteiger charge is -2.04. The Morgan fingerprint density at radius 3 is 3.00 bits per heavy atom. The van der Waals surface area contributed by atoms with Crippen LogP contribution in [0, 0.1) is 0 Å². The van der Waals surface area contributed by atoms with Crippen LogP contribution in [-0.4, -0.2) is 22.8 Å². The molecule has 0 N–H and O–H groups in total. The van der Waals surface area contributed by atoms with Crippen LogP contribution in [0.3, 0.4) is 0 Å². The Kier molecular flexibility index (Phi) is 1.54. The maximum atomic E-state index is 11.4. The number of nitrogens with zero attached hydrogens (tertiary/aromatic N) is 2. The maximum Gasteiger partial charge on any atom is 0.255 e. The van der Waals surface area contributed by atoms with E-state index in [2.05, 4.69) is 4.98 Å². The van der Waals surface area contributed by atoms with E-state index in [0.29, 0.717) is 17.1 Å². The van der Waals surface area contributed by atoms with Crippen LogP contribution in [0.15, 0.2) is 12.4 Å². The molecule has 1 aliphatic heterocycles. The number of rotatable bonds is 0.